The molecular weight excluding hydrogens is 288 g/mol. The average Bonchev–Trinajstić information content (AvgIpc) is 3.33. The van der Waals surface area contributed by atoms with Crippen molar-refractivity contribution in [2.75, 3.05) is 7.05 Å². The Labute approximate surface area is 126 Å². The fraction of sp³-hybridized carbons (Fsp3) is 0.733. The summed E-state index contributed by atoms with van der Waals surface area (Å²) in [5.41, 5.74) is 0. The summed E-state index contributed by atoms with van der Waals surface area (Å²) < 4.78 is 32.6. The van der Waals surface area contributed by atoms with Crippen LogP contribution < -0.4 is 5.32 Å². The predicted molar refractivity (Wildman–Crippen MR) is 80.4 cm³/mol. The van der Waals surface area contributed by atoms with E-state index in [1.807, 2.05) is 6.92 Å². The van der Waals surface area contributed by atoms with Crippen LogP contribution in [0.25, 0.3) is 0 Å². The van der Waals surface area contributed by atoms with E-state index in [9.17, 15) is 8.42 Å². The number of sulfonamides is 1. The van der Waals surface area contributed by atoms with Gasteiger partial charge in [0.05, 0.1) is 6.54 Å². The highest BCUT2D eigenvalue weighted by atomic mass is 32.2. The lowest BCUT2D eigenvalue weighted by Crippen LogP contribution is -2.36. The van der Waals surface area contributed by atoms with E-state index < -0.39 is 10.0 Å². The zero-order chi connectivity index (χ0) is 15.2. The van der Waals surface area contributed by atoms with Crippen LogP contribution in [0, 0.1) is 12.8 Å². The van der Waals surface area contributed by atoms with Crippen molar-refractivity contribution in [2.45, 2.75) is 63.1 Å². The summed E-state index contributed by atoms with van der Waals surface area (Å²) in [4.78, 5) is 0.310. The van der Waals surface area contributed by atoms with Crippen molar-refractivity contribution in [1.29, 1.82) is 0 Å². The fourth-order valence-corrected chi connectivity index (χ4v) is 4.25. The van der Waals surface area contributed by atoms with Crippen LogP contribution in [-0.4, -0.2) is 31.9 Å². The second-order valence-electron chi connectivity index (χ2n) is 6.39. The number of hydrogen-bond acceptors (Lipinski definition) is 4. The van der Waals surface area contributed by atoms with E-state index in [0.29, 0.717) is 34.9 Å². The zero-order valence-electron chi connectivity index (χ0n) is 12.9. The summed E-state index contributed by atoms with van der Waals surface area (Å²) in [7, 11) is -1.79. The van der Waals surface area contributed by atoms with Gasteiger partial charge in [-0.3, -0.25) is 0 Å². The maximum Gasteiger partial charge on any atom is 0.246 e. The van der Waals surface area contributed by atoms with Crippen LogP contribution in [0.2, 0.25) is 0 Å². The second-order valence-corrected chi connectivity index (χ2v) is 8.35. The molecular formula is C15H24N2O3S. The normalized spacial score (nSPS) is 21.0. The van der Waals surface area contributed by atoms with Crippen molar-refractivity contribution in [3.05, 3.63) is 17.6 Å². The Bertz CT molecular complexity index is 615. The number of nitrogens with one attached hydrogen (secondary N) is 1. The molecule has 0 aliphatic heterocycles. The number of rotatable bonds is 7. The number of hydrogen-bond donors (Lipinski definition) is 1. The summed E-state index contributed by atoms with van der Waals surface area (Å²) in [6.45, 7) is 4.31. The van der Waals surface area contributed by atoms with Gasteiger partial charge in [0.1, 0.15) is 16.4 Å². The van der Waals surface area contributed by atoms with Crippen molar-refractivity contribution in [1.82, 2.24) is 9.62 Å². The van der Waals surface area contributed by atoms with Gasteiger partial charge in [0, 0.05) is 25.2 Å². The fourth-order valence-electron chi connectivity index (χ4n) is 2.65. The Hall–Kier alpha value is -0.850. The van der Waals surface area contributed by atoms with Crippen LogP contribution in [0.4, 0.5) is 0 Å². The molecule has 2 aliphatic rings. The van der Waals surface area contributed by atoms with Gasteiger partial charge in [0.15, 0.2) is 0 Å². The largest absolute Gasteiger partial charge is 0.464 e. The van der Waals surface area contributed by atoms with Crippen molar-refractivity contribution < 1.29 is 12.8 Å². The van der Waals surface area contributed by atoms with E-state index >= 15 is 0 Å². The van der Waals surface area contributed by atoms with E-state index in [4.69, 9.17) is 4.42 Å². The molecule has 0 spiro atoms. The lowest BCUT2D eigenvalue weighted by molar-refractivity contribution is 0.356. The number of furan rings is 1. The molecule has 0 aromatic carbocycles. The van der Waals surface area contributed by atoms with Gasteiger partial charge in [-0.25, -0.2) is 8.42 Å². The van der Waals surface area contributed by atoms with Gasteiger partial charge >= 0.3 is 0 Å². The molecule has 1 N–H and O–H groups in total. The van der Waals surface area contributed by atoms with Crippen molar-refractivity contribution in [3.8, 4) is 0 Å². The molecule has 0 bridgehead atoms. The van der Waals surface area contributed by atoms with Crippen LogP contribution in [0.5, 0.6) is 0 Å². The Morgan fingerprint density at radius 3 is 2.62 bits per heavy atom. The lowest BCUT2D eigenvalue weighted by Gasteiger charge is -2.23. The highest BCUT2D eigenvalue weighted by Crippen LogP contribution is 2.37. The average molecular weight is 312 g/mol. The van der Waals surface area contributed by atoms with Gasteiger partial charge < -0.3 is 9.73 Å². The molecule has 3 rings (SSSR count). The molecule has 6 heteroatoms. The van der Waals surface area contributed by atoms with Gasteiger partial charge in [0.25, 0.3) is 0 Å². The summed E-state index contributed by atoms with van der Waals surface area (Å²) >= 11 is 0. The highest BCUT2D eigenvalue weighted by Gasteiger charge is 2.37. The first-order valence-corrected chi connectivity index (χ1v) is 9.14. The van der Waals surface area contributed by atoms with Crippen LogP contribution >= 0.6 is 0 Å². The minimum absolute atomic E-state index is 0.0531. The lowest BCUT2D eigenvalue weighted by atomic mass is 10.2. The minimum Gasteiger partial charge on any atom is -0.464 e. The van der Waals surface area contributed by atoms with Crippen LogP contribution in [0.3, 0.4) is 0 Å². The quantitative estimate of drug-likeness (QED) is 0.839. The smallest absolute Gasteiger partial charge is 0.246 e. The van der Waals surface area contributed by atoms with Crippen molar-refractivity contribution in [3.63, 3.8) is 0 Å². The summed E-state index contributed by atoms with van der Waals surface area (Å²) in [5.74, 6) is 1.69. The topological polar surface area (TPSA) is 62.6 Å². The first-order chi connectivity index (χ1) is 9.89. The molecule has 2 aliphatic carbocycles. The maximum absolute atomic E-state index is 12.7. The molecule has 1 aromatic rings. The SMILES string of the molecule is Cc1oc(CNC2CC2)cc1S(=O)(=O)N(C)C(C)C1CC1. The molecule has 0 radical (unpaired) electrons. The molecule has 1 aromatic heterocycles. The highest BCUT2D eigenvalue weighted by molar-refractivity contribution is 7.89. The summed E-state index contributed by atoms with van der Waals surface area (Å²) in [6, 6.07) is 2.31. The molecule has 5 nitrogen and oxygen atoms in total. The van der Waals surface area contributed by atoms with E-state index in [1.54, 1.807) is 20.0 Å². The van der Waals surface area contributed by atoms with E-state index in [2.05, 4.69) is 5.32 Å². The van der Waals surface area contributed by atoms with Crippen molar-refractivity contribution in [2.24, 2.45) is 5.92 Å². The van der Waals surface area contributed by atoms with Gasteiger partial charge in [-0.1, -0.05) is 0 Å². The molecule has 1 unspecified atom stereocenters. The third kappa shape index (κ3) is 3.17. The van der Waals surface area contributed by atoms with Gasteiger partial charge in [-0.2, -0.15) is 4.31 Å². The summed E-state index contributed by atoms with van der Waals surface area (Å²) in [5, 5.41) is 3.34. The molecule has 21 heavy (non-hydrogen) atoms. The van der Waals surface area contributed by atoms with Gasteiger partial charge in [-0.15, -0.1) is 0 Å². The monoisotopic (exact) mass is 312 g/mol. The van der Waals surface area contributed by atoms with Gasteiger partial charge in [0.2, 0.25) is 10.0 Å². The third-order valence-electron chi connectivity index (χ3n) is 4.60. The van der Waals surface area contributed by atoms with Crippen LogP contribution in [-0.2, 0) is 16.6 Å². The number of aryl methyl sites for hydroxylation is 1. The third-order valence-corrected chi connectivity index (χ3v) is 6.65. The molecule has 118 valence electrons. The van der Waals surface area contributed by atoms with E-state index in [0.717, 1.165) is 12.8 Å². The molecule has 1 atom stereocenters. The minimum atomic E-state index is -3.46. The molecule has 0 saturated heterocycles. The zero-order valence-corrected chi connectivity index (χ0v) is 13.7. The Balaban J connectivity index is 1.76. The van der Waals surface area contributed by atoms with Crippen molar-refractivity contribution >= 4 is 10.0 Å². The molecule has 2 fully saturated rings. The molecule has 2 saturated carbocycles. The van der Waals surface area contributed by atoms with Gasteiger partial charge in [-0.05, 0) is 45.4 Å². The number of nitrogens with zero attached hydrogens (tertiary/aromatic N) is 1. The first kappa shape index (κ1) is 15.1. The Kier molecular flexibility index (Phi) is 3.88. The van der Waals surface area contributed by atoms with E-state index in [-0.39, 0.29) is 6.04 Å². The van der Waals surface area contributed by atoms with Crippen LogP contribution in [0.15, 0.2) is 15.4 Å². The second kappa shape index (κ2) is 5.41. The molecule has 0 amide bonds. The standard InChI is InChI=1S/C15H24N2O3S/c1-10(12-4-5-12)17(3)21(18,19)15-8-14(20-11(15)2)9-16-13-6-7-13/h8,10,12-13,16H,4-7,9H2,1-3H3. The molecule has 1 heterocycles. The predicted octanol–water partition coefficient (Wildman–Crippen LogP) is 2.26. The maximum atomic E-state index is 12.7. The van der Waals surface area contributed by atoms with E-state index in [1.165, 1.54) is 17.1 Å². The first-order valence-electron chi connectivity index (χ1n) is 7.70. The Morgan fingerprint density at radius 1 is 1.38 bits per heavy atom. The summed E-state index contributed by atoms with van der Waals surface area (Å²) in [6.07, 6.45) is 4.66. The Morgan fingerprint density at radius 2 is 2.05 bits per heavy atom. The van der Waals surface area contributed by atoms with Crippen LogP contribution in [0.1, 0.15) is 44.1 Å².